The molecule has 0 aliphatic heterocycles. The molecule has 2 unspecified atom stereocenters. The molecule has 6 nitrogen and oxygen atoms in total. The highest BCUT2D eigenvalue weighted by atomic mass is 16.6. The van der Waals surface area contributed by atoms with E-state index in [9.17, 15) is 19.8 Å². The van der Waals surface area contributed by atoms with Gasteiger partial charge in [0, 0.05) is 0 Å². The van der Waals surface area contributed by atoms with Gasteiger partial charge in [-0.3, -0.25) is 0 Å². The minimum Gasteiger partial charge on any atom is -0.460 e. The van der Waals surface area contributed by atoms with E-state index in [0.717, 1.165) is 38.5 Å². The summed E-state index contributed by atoms with van der Waals surface area (Å²) in [5.74, 6) is -1.34. The summed E-state index contributed by atoms with van der Waals surface area (Å²) in [6.45, 7) is 10.3. The average molecular weight is 655 g/mol. The van der Waals surface area contributed by atoms with Crippen molar-refractivity contribution in [1.82, 2.24) is 0 Å². The molecule has 274 valence electrons. The number of aliphatic hydroxyl groups excluding tert-OH is 2. The van der Waals surface area contributed by atoms with Crippen molar-refractivity contribution >= 4 is 11.9 Å². The Balaban J connectivity index is 0. The maximum Gasteiger partial charge on any atom is 0.335 e. The number of rotatable bonds is 35. The highest BCUT2D eigenvalue weighted by molar-refractivity contribution is 5.75. The zero-order chi connectivity index (χ0) is 34.4. The number of aliphatic hydroxyl groups is 2. The predicted molar refractivity (Wildman–Crippen MR) is 195 cm³/mol. The summed E-state index contributed by atoms with van der Waals surface area (Å²) < 4.78 is 10.1. The van der Waals surface area contributed by atoms with Gasteiger partial charge in [0.2, 0.25) is 0 Å². The molecule has 0 radical (unpaired) electrons. The third-order valence-electron chi connectivity index (χ3n) is 8.78. The molecule has 0 saturated carbocycles. The van der Waals surface area contributed by atoms with Crippen LogP contribution >= 0.6 is 0 Å². The summed E-state index contributed by atoms with van der Waals surface area (Å²) >= 11 is 0. The molecule has 2 atom stereocenters. The normalized spacial score (nSPS) is 12.3. The Morgan fingerprint density at radius 1 is 0.413 bits per heavy atom. The van der Waals surface area contributed by atoms with Crippen LogP contribution in [0.1, 0.15) is 206 Å². The van der Waals surface area contributed by atoms with Crippen molar-refractivity contribution in [2.75, 3.05) is 13.2 Å². The Kier molecular flexibility index (Phi) is 40.4. The fourth-order valence-electron chi connectivity index (χ4n) is 5.78. The van der Waals surface area contributed by atoms with E-state index in [2.05, 4.69) is 27.0 Å². The Morgan fingerprint density at radius 3 is 0.826 bits per heavy atom. The summed E-state index contributed by atoms with van der Waals surface area (Å²) in [7, 11) is 0. The third-order valence-corrected chi connectivity index (χ3v) is 8.78. The summed E-state index contributed by atoms with van der Waals surface area (Å²) in [6.07, 6.45) is 33.9. The van der Waals surface area contributed by atoms with Crippen LogP contribution in [0.2, 0.25) is 0 Å². The van der Waals surface area contributed by atoms with Crippen LogP contribution in [0.4, 0.5) is 0 Å². The van der Waals surface area contributed by atoms with E-state index in [4.69, 9.17) is 9.47 Å². The molecule has 6 heteroatoms. The smallest absolute Gasteiger partial charge is 0.335 e. The van der Waals surface area contributed by atoms with Crippen molar-refractivity contribution < 1.29 is 29.3 Å². The number of carbonyl (C=O) groups is 2. The number of hydrogen-bond donors (Lipinski definition) is 2. The average Bonchev–Trinajstić information content (AvgIpc) is 3.07. The first-order chi connectivity index (χ1) is 22.5. The van der Waals surface area contributed by atoms with Gasteiger partial charge >= 0.3 is 11.9 Å². The van der Waals surface area contributed by atoms with Gasteiger partial charge in [0.15, 0.2) is 12.2 Å². The molecule has 0 aliphatic rings. The van der Waals surface area contributed by atoms with Gasteiger partial charge < -0.3 is 19.7 Å². The highest BCUT2D eigenvalue weighted by Crippen LogP contribution is 2.15. The van der Waals surface area contributed by atoms with Crippen LogP contribution in [0.25, 0.3) is 0 Å². The van der Waals surface area contributed by atoms with Crippen LogP contribution in [0.15, 0.2) is 13.2 Å². The highest BCUT2D eigenvalue weighted by Gasteiger charge is 2.18. The number of hydrogen-bond acceptors (Lipinski definition) is 6. The first-order valence-electron chi connectivity index (χ1n) is 19.7. The molecule has 0 saturated heterocycles. The Hall–Kier alpha value is -1.40. The van der Waals surface area contributed by atoms with E-state index in [1.165, 1.54) is 141 Å². The van der Waals surface area contributed by atoms with Crippen LogP contribution < -0.4 is 0 Å². The van der Waals surface area contributed by atoms with E-state index >= 15 is 0 Å². The lowest BCUT2D eigenvalue weighted by Crippen LogP contribution is -2.27. The summed E-state index contributed by atoms with van der Waals surface area (Å²) in [6, 6.07) is 0. The van der Waals surface area contributed by atoms with Gasteiger partial charge in [-0.1, -0.05) is 194 Å². The lowest BCUT2D eigenvalue weighted by molar-refractivity contribution is -0.162. The second-order valence-corrected chi connectivity index (χ2v) is 13.1. The number of unbranched alkanes of at least 4 members (excludes halogenated alkanes) is 26. The first-order valence-corrected chi connectivity index (χ1v) is 19.7. The Labute approximate surface area is 285 Å². The number of esters is 2. The van der Waals surface area contributed by atoms with E-state index in [0.29, 0.717) is 12.8 Å². The van der Waals surface area contributed by atoms with Crippen molar-refractivity contribution in [3.8, 4) is 0 Å². The van der Waals surface area contributed by atoms with Crippen LogP contribution in [-0.4, -0.2) is 47.6 Å². The fourth-order valence-corrected chi connectivity index (χ4v) is 5.78. The first kappa shape index (κ1) is 46.7. The van der Waals surface area contributed by atoms with Crippen LogP contribution in [-0.2, 0) is 19.1 Å². The molecule has 46 heavy (non-hydrogen) atoms. The second kappa shape index (κ2) is 39.8. The lowest BCUT2D eigenvalue weighted by atomic mass is 10.0. The molecule has 2 N–H and O–H groups in total. The molecule has 0 rings (SSSR count). The molecule has 0 aromatic carbocycles. The molecule has 0 heterocycles. The Morgan fingerprint density at radius 2 is 0.609 bits per heavy atom. The second-order valence-electron chi connectivity index (χ2n) is 13.1. The molecule has 0 aromatic rings. The lowest BCUT2D eigenvalue weighted by Gasteiger charge is -2.12. The van der Waals surface area contributed by atoms with Crippen molar-refractivity contribution in [2.24, 2.45) is 0 Å². The van der Waals surface area contributed by atoms with Crippen LogP contribution in [0.5, 0.6) is 0 Å². The summed E-state index contributed by atoms with van der Waals surface area (Å²) in [5.41, 5.74) is 0. The molecule has 0 fully saturated rings. The minimum atomic E-state index is -1.13. The third kappa shape index (κ3) is 35.5. The van der Waals surface area contributed by atoms with E-state index in [-0.39, 0.29) is 13.2 Å². The Bertz CT molecular complexity index is 573. The van der Waals surface area contributed by atoms with E-state index < -0.39 is 24.1 Å². The number of ether oxygens (including phenoxy) is 2. The number of carbonyl (C=O) groups excluding carboxylic acids is 2. The molecular formula is C40H78O6. The maximum atomic E-state index is 12.0. The fraction of sp³-hybridized carbons (Fsp3) is 0.900. The summed E-state index contributed by atoms with van der Waals surface area (Å²) in [5, 5.41) is 20.1. The molecule has 0 aromatic heterocycles. The topological polar surface area (TPSA) is 93.1 Å². The van der Waals surface area contributed by atoms with Crippen molar-refractivity contribution in [1.29, 1.82) is 0 Å². The van der Waals surface area contributed by atoms with Crippen molar-refractivity contribution in [3.05, 3.63) is 13.2 Å². The largest absolute Gasteiger partial charge is 0.460 e. The van der Waals surface area contributed by atoms with E-state index in [1.807, 2.05) is 0 Å². The van der Waals surface area contributed by atoms with Gasteiger partial charge in [-0.2, -0.15) is 0 Å². The van der Waals surface area contributed by atoms with Crippen LogP contribution in [0.3, 0.4) is 0 Å². The molecule has 0 aliphatic carbocycles. The van der Waals surface area contributed by atoms with Gasteiger partial charge in [-0.15, -0.1) is 13.2 Å². The molecule has 0 bridgehead atoms. The van der Waals surface area contributed by atoms with Gasteiger partial charge in [0.05, 0.1) is 0 Å². The van der Waals surface area contributed by atoms with E-state index in [1.54, 1.807) is 0 Å². The van der Waals surface area contributed by atoms with Crippen molar-refractivity contribution in [2.45, 2.75) is 219 Å². The zero-order valence-corrected chi connectivity index (χ0v) is 30.7. The zero-order valence-electron chi connectivity index (χ0n) is 30.7. The minimum absolute atomic E-state index is 0.105. The van der Waals surface area contributed by atoms with Gasteiger partial charge in [0.25, 0.3) is 0 Å². The quantitative estimate of drug-likeness (QED) is 0.0401. The predicted octanol–water partition coefficient (Wildman–Crippen LogP) is 11.3. The monoisotopic (exact) mass is 655 g/mol. The molecule has 0 spiro atoms. The SMILES string of the molecule is C=C.CCCCCCCCCCCCCCCCC(O)C(=O)OCCOC(=O)C(O)CCCCCCCCCCCCCCCC. The summed E-state index contributed by atoms with van der Waals surface area (Å²) in [4.78, 5) is 24.0. The van der Waals surface area contributed by atoms with Gasteiger partial charge in [-0.05, 0) is 12.8 Å². The molecule has 0 amide bonds. The molecular weight excluding hydrogens is 576 g/mol. The van der Waals surface area contributed by atoms with Crippen LogP contribution in [0, 0.1) is 0 Å². The van der Waals surface area contributed by atoms with Gasteiger partial charge in [0.1, 0.15) is 13.2 Å². The van der Waals surface area contributed by atoms with Gasteiger partial charge in [-0.25, -0.2) is 9.59 Å². The van der Waals surface area contributed by atoms with Crippen molar-refractivity contribution in [3.63, 3.8) is 0 Å². The maximum absolute atomic E-state index is 12.0. The standard InChI is InChI=1S/C38H74O6.C2H4/c1-3-5-7-9-11-13-15-17-19-21-23-25-27-29-31-35(39)37(41)43-33-34-44-38(42)36(40)32-30-28-26-24-22-20-18-16-14-12-10-8-6-4-2;1-2/h35-36,39-40H,3-34H2,1-2H3;1-2H2.